The predicted octanol–water partition coefficient (Wildman–Crippen LogP) is 6.66. The summed E-state index contributed by atoms with van der Waals surface area (Å²) in [6.07, 6.45) is 3.05. The van der Waals surface area contributed by atoms with Crippen LogP contribution in [0.15, 0.2) is 42.9 Å². The molecule has 37 heavy (non-hydrogen) atoms. The highest BCUT2D eigenvalue weighted by molar-refractivity contribution is 6.42. The molecule has 1 aromatic carbocycles. The van der Waals surface area contributed by atoms with Gasteiger partial charge in [0.15, 0.2) is 0 Å². The number of halogens is 5. The second kappa shape index (κ2) is 9.76. The molecule has 3 heterocycles. The lowest BCUT2D eigenvalue weighted by Gasteiger charge is -2.41. The van der Waals surface area contributed by atoms with Gasteiger partial charge in [0.05, 0.1) is 15.6 Å². The van der Waals surface area contributed by atoms with Crippen molar-refractivity contribution in [2.75, 3.05) is 6.54 Å². The number of likely N-dealkylation sites (tertiary alicyclic amines) is 1. The SMILES string of the molecule is CC(Oc1ncc(C(F)(F)F)cc1-c1ccc(Cl)c(Cl)c1)C1(c2cnc(C3CC3)nc2)CCCN1C=O. The third kappa shape index (κ3) is 4.86. The number of alkyl halides is 3. The number of carbonyl (C=O) groups excluding carboxylic acids is 1. The Morgan fingerprint density at radius 3 is 2.46 bits per heavy atom. The lowest BCUT2D eigenvalue weighted by Crippen LogP contribution is -2.51. The topological polar surface area (TPSA) is 68.2 Å². The molecule has 1 amide bonds. The van der Waals surface area contributed by atoms with E-state index in [4.69, 9.17) is 27.9 Å². The first kappa shape index (κ1) is 25.7. The summed E-state index contributed by atoms with van der Waals surface area (Å²) in [7, 11) is 0. The van der Waals surface area contributed by atoms with Gasteiger partial charge in [-0.2, -0.15) is 13.2 Å². The highest BCUT2D eigenvalue weighted by Crippen LogP contribution is 2.45. The van der Waals surface area contributed by atoms with Crippen LogP contribution in [0.1, 0.15) is 55.5 Å². The van der Waals surface area contributed by atoms with Crippen molar-refractivity contribution in [1.29, 1.82) is 0 Å². The minimum atomic E-state index is -4.61. The largest absolute Gasteiger partial charge is 0.471 e. The number of carbonyl (C=O) groups is 1. The van der Waals surface area contributed by atoms with E-state index in [2.05, 4.69) is 15.0 Å². The lowest BCUT2D eigenvalue weighted by molar-refractivity contribution is -0.138. The first-order valence-corrected chi connectivity index (χ1v) is 12.6. The number of nitrogens with zero attached hydrogens (tertiary/aromatic N) is 4. The monoisotopic (exact) mass is 550 g/mol. The quantitative estimate of drug-likeness (QED) is 0.308. The van der Waals surface area contributed by atoms with E-state index in [1.165, 1.54) is 12.1 Å². The van der Waals surface area contributed by atoms with Gasteiger partial charge < -0.3 is 9.64 Å². The maximum atomic E-state index is 13.6. The van der Waals surface area contributed by atoms with Gasteiger partial charge in [-0.3, -0.25) is 4.79 Å². The van der Waals surface area contributed by atoms with Crippen molar-refractivity contribution in [2.24, 2.45) is 0 Å². The van der Waals surface area contributed by atoms with Gasteiger partial charge in [0.1, 0.15) is 17.5 Å². The number of amides is 1. The highest BCUT2D eigenvalue weighted by Gasteiger charge is 2.49. The molecule has 2 aromatic heterocycles. The molecule has 1 saturated carbocycles. The van der Waals surface area contributed by atoms with Crippen LogP contribution in [0.2, 0.25) is 10.0 Å². The minimum Gasteiger partial charge on any atom is -0.471 e. The number of aromatic nitrogens is 3. The fourth-order valence-electron chi connectivity index (χ4n) is 4.94. The standard InChI is InChI=1S/C26H23Cl2F3N4O2/c1-15(25(7-2-8-35(25)14-36)19-12-32-23(33-13-19)16-3-4-16)37-24-20(10-18(11-34-24)26(29,30)31)17-5-6-21(27)22(28)9-17/h5-6,9-16H,2-4,7-8H2,1H3. The Morgan fingerprint density at radius 2 is 1.84 bits per heavy atom. The fraction of sp³-hybridized carbons (Fsp3) is 0.385. The summed E-state index contributed by atoms with van der Waals surface area (Å²) >= 11 is 12.2. The van der Waals surface area contributed by atoms with Crippen molar-refractivity contribution in [3.05, 3.63) is 69.9 Å². The van der Waals surface area contributed by atoms with Gasteiger partial charge in [0.2, 0.25) is 12.3 Å². The average Bonchev–Trinajstić information content (AvgIpc) is 3.63. The van der Waals surface area contributed by atoms with E-state index in [1.807, 2.05) is 0 Å². The highest BCUT2D eigenvalue weighted by atomic mass is 35.5. The predicted molar refractivity (Wildman–Crippen MR) is 132 cm³/mol. The van der Waals surface area contributed by atoms with Crippen LogP contribution in [0.5, 0.6) is 5.88 Å². The third-order valence-corrected chi connectivity index (χ3v) is 7.82. The molecule has 0 bridgehead atoms. The molecule has 1 aliphatic carbocycles. The molecule has 6 nitrogen and oxygen atoms in total. The first-order chi connectivity index (χ1) is 17.6. The molecule has 2 atom stereocenters. The Bertz CT molecular complexity index is 1320. The Balaban J connectivity index is 1.56. The van der Waals surface area contributed by atoms with E-state index < -0.39 is 23.4 Å². The van der Waals surface area contributed by atoms with Crippen molar-refractivity contribution in [2.45, 2.75) is 56.3 Å². The molecule has 5 rings (SSSR count). The molecular formula is C26H23Cl2F3N4O2. The fourth-order valence-corrected chi connectivity index (χ4v) is 5.24. The third-order valence-electron chi connectivity index (χ3n) is 7.08. The minimum absolute atomic E-state index is 0.0217. The van der Waals surface area contributed by atoms with Crippen LogP contribution in [0.4, 0.5) is 13.2 Å². The van der Waals surface area contributed by atoms with Crippen LogP contribution >= 0.6 is 23.2 Å². The lowest BCUT2D eigenvalue weighted by atomic mass is 9.84. The first-order valence-electron chi connectivity index (χ1n) is 11.9. The van der Waals surface area contributed by atoms with E-state index in [9.17, 15) is 18.0 Å². The molecule has 2 fully saturated rings. The van der Waals surface area contributed by atoms with Gasteiger partial charge in [-0.15, -0.1) is 0 Å². The Hall–Kier alpha value is -2.91. The molecule has 2 unspecified atom stereocenters. The summed E-state index contributed by atoms with van der Waals surface area (Å²) in [5.41, 5.74) is -0.672. The van der Waals surface area contributed by atoms with Gasteiger partial charge in [-0.05, 0) is 56.4 Å². The Morgan fingerprint density at radius 1 is 1.11 bits per heavy atom. The zero-order valence-electron chi connectivity index (χ0n) is 19.8. The van der Waals surface area contributed by atoms with Gasteiger partial charge in [0, 0.05) is 42.2 Å². The zero-order chi connectivity index (χ0) is 26.4. The number of hydrogen-bond acceptors (Lipinski definition) is 5. The molecule has 0 N–H and O–H groups in total. The number of benzene rings is 1. The van der Waals surface area contributed by atoms with E-state index in [0.29, 0.717) is 30.0 Å². The Kier molecular flexibility index (Phi) is 6.79. The summed E-state index contributed by atoms with van der Waals surface area (Å²) in [6.45, 7) is 2.27. The average molecular weight is 551 g/mol. The van der Waals surface area contributed by atoms with Crippen molar-refractivity contribution < 1.29 is 22.7 Å². The van der Waals surface area contributed by atoms with Gasteiger partial charge in [-0.25, -0.2) is 15.0 Å². The molecule has 11 heteroatoms. The van der Waals surface area contributed by atoms with Crippen molar-refractivity contribution in [3.8, 4) is 17.0 Å². The summed E-state index contributed by atoms with van der Waals surface area (Å²) in [5, 5.41) is 0.449. The van der Waals surface area contributed by atoms with Crippen molar-refractivity contribution in [3.63, 3.8) is 0 Å². The van der Waals surface area contributed by atoms with Crippen molar-refractivity contribution >= 4 is 29.6 Å². The van der Waals surface area contributed by atoms with E-state index >= 15 is 0 Å². The van der Waals surface area contributed by atoms with E-state index in [0.717, 1.165) is 43.8 Å². The van der Waals surface area contributed by atoms with E-state index in [-0.39, 0.29) is 21.5 Å². The van der Waals surface area contributed by atoms with Gasteiger partial charge in [0.25, 0.3) is 0 Å². The molecular weight excluding hydrogens is 528 g/mol. The number of pyridine rings is 1. The smallest absolute Gasteiger partial charge is 0.417 e. The number of ether oxygens (including phenoxy) is 1. The molecule has 0 spiro atoms. The van der Waals surface area contributed by atoms with Crippen LogP contribution < -0.4 is 4.74 Å². The number of hydrogen-bond donors (Lipinski definition) is 0. The zero-order valence-corrected chi connectivity index (χ0v) is 21.3. The summed E-state index contributed by atoms with van der Waals surface area (Å²) in [6, 6.07) is 5.49. The summed E-state index contributed by atoms with van der Waals surface area (Å²) in [4.78, 5) is 26.9. The van der Waals surface area contributed by atoms with Crippen molar-refractivity contribution in [1.82, 2.24) is 19.9 Å². The maximum Gasteiger partial charge on any atom is 0.417 e. The number of rotatable bonds is 7. The van der Waals surface area contributed by atoms with Gasteiger partial charge >= 0.3 is 6.18 Å². The molecule has 1 aliphatic heterocycles. The van der Waals surface area contributed by atoms with Crippen LogP contribution in [0.25, 0.3) is 11.1 Å². The van der Waals surface area contributed by atoms with Crippen LogP contribution in [-0.2, 0) is 16.5 Å². The second-order valence-electron chi connectivity index (χ2n) is 9.39. The molecule has 1 saturated heterocycles. The molecule has 3 aromatic rings. The Labute approximate surface area is 221 Å². The second-order valence-corrected chi connectivity index (χ2v) is 10.2. The molecule has 2 aliphatic rings. The maximum absolute atomic E-state index is 13.6. The van der Waals surface area contributed by atoms with Crippen LogP contribution in [0.3, 0.4) is 0 Å². The normalized spacial score (nSPS) is 20.6. The molecule has 194 valence electrons. The van der Waals surface area contributed by atoms with Gasteiger partial charge in [-0.1, -0.05) is 29.3 Å². The summed E-state index contributed by atoms with van der Waals surface area (Å²) in [5.74, 6) is 1.12. The van der Waals surface area contributed by atoms with E-state index in [1.54, 1.807) is 30.3 Å². The summed E-state index contributed by atoms with van der Waals surface area (Å²) < 4.78 is 46.9. The van der Waals surface area contributed by atoms with Crippen LogP contribution in [0, 0.1) is 0 Å². The van der Waals surface area contributed by atoms with Crippen LogP contribution in [-0.4, -0.2) is 38.9 Å². The molecule has 0 radical (unpaired) electrons.